The third kappa shape index (κ3) is 2.28. The van der Waals surface area contributed by atoms with Crippen molar-refractivity contribution in [3.8, 4) is 5.75 Å². The Balaban J connectivity index is 3.23. The summed E-state index contributed by atoms with van der Waals surface area (Å²) in [5, 5.41) is 0. The van der Waals surface area contributed by atoms with E-state index in [-0.39, 0.29) is 5.69 Å². The molecule has 2 nitrogen and oxygen atoms in total. The van der Waals surface area contributed by atoms with Gasteiger partial charge in [-0.05, 0) is 38.5 Å². The number of pyridine rings is 1. The molecule has 1 aromatic heterocycles. The lowest BCUT2D eigenvalue weighted by Crippen LogP contribution is -1.97. The maximum absolute atomic E-state index is 12.3. The van der Waals surface area contributed by atoms with Crippen LogP contribution in [-0.2, 0) is 0 Å². The largest absolute Gasteiger partial charge is 0.494 e. The van der Waals surface area contributed by atoms with Crippen molar-refractivity contribution in [1.82, 2.24) is 4.98 Å². The molecule has 6 heteroatoms. The lowest BCUT2D eigenvalue weighted by Gasteiger charge is -2.07. The van der Waals surface area contributed by atoms with Crippen LogP contribution in [0.1, 0.15) is 12.1 Å². The van der Waals surface area contributed by atoms with Crippen LogP contribution in [0.25, 0.3) is 0 Å². The Hall–Kier alpha value is 0.0200. The Bertz CT molecular complexity index is 322. The minimum atomic E-state index is -2.56. The first-order valence-corrected chi connectivity index (χ1v) is 5.11. The zero-order valence-electron chi connectivity index (χ0n) is 6.52. The molecule has 13 heavy (non-hydrogen) atoms. The molecule has 0 aliphatic rings. The molecule has 0 atom stereocenters. The molecule has 1 aromatic rings. The van der Waals surface area contributed by atoms with Crippen LogP contribution in [0.4, 0.5) is 8.78 Å². The van der Waals surface area contributed by atoms with Gasteiger partial charge in [-0.1, -0.05) is 0 Å². The van der Waals surface area contributed by atoms with Gasteiger partial charge in [0.15, 0.2) is 5.75 Å². The van der Waals surface area contributed by atoms with E-state index in [1.165, 1.54) is 13.3 Å². The number of alkyl halides is 2. The van der Waals surface area contributed by atoms with Crippen molar-refractivity contribution in [2.45, 2.75) is 6.43 Å². The minimum Gasteiger partial charge on any atom is -0.494 e. The van der Waals surface area contributed by atoms with Crippen molar-refractivity contribution in [2.75, 3.05) is 7.11 Å². The van der Waals surface area contributed by atoms with Crippen molar-refractivity contribution >= 4 is 38.5 Å². The van der Waals surface area contributed by atoms with E-state index in [9.17, 15) is 8.78 Å². The zero-order chi connectivity index (χ0) is 10.0. The van der Waals surface area contributed by atoms with Gasteiger partial charge in [0.1, 0.15) is 5.69 Å². The summed E-state index contributed by atoms with van der Waals surface area (Å²) >= 11 is 4.95. The number of methoxy groups -OCH3 is 1. The molecule has 0 unspecified atom stereocenters. The summed E-state index contributed by atoms with van der Waals surface area (Å²) in [7, 11) is 1.46. The smallest absolute Gasteiger partial charge is 0.281 e. The van der Waals surface area contributed by atoms with E-state index in [1.54, 1.807) is 22.6 Å². The van der Waals surface area contributed by atoms with Gasteiger partial charge in [-0.15, -0.1) is 0 Å². The molecule has 1 heterocycles. The maximum Gasteiger partial charge on any atom is 0.281 e. The first-order valence-electron chi connectivity index (χ1n) is 3.24. The number of ether oxygens (including phenoxy) is 1. The highest BCUT2D eigenvalue weighted by atomic mass is 127. The van der Waals surface area contributed by atoms with Crippen LogP contribution in [0.2, 0.25) is 0 Å². The molecule has 0 fully saturated rings. The predicted molar refractivity (Wildman–Crippen MR) is 56.2 cm³/mol. The van der Waals surface area contributed by atoms with Gasteiger partial charge < -0.3 is 4.74 Å². The molecule has 0 bridgehead atoms. The Kier molecular flexibility index (Phi) is 3.84. The summed E-state index contributed by atoms with van der Waals surface area (Å²) in [5.41, 5.74) is -0.228. The van der Waals surface area contributed by atoms with E-state index < -0.39 is 6.43 Å². The van der Waals surface area contributed by atoms with Gasteiger partial charge in [-0.2, -0.15) is 0 Å². The van der Waals surface area contributed by atoms with E-state index in [2.05, 4.69) is 20.9 Å². The number of hydrogen-bond acceptors (Lipinski definition) is 2. The standard InChI is InChI=1S/C7H5BrF2INO/c1-13-3-2-12-6(7(9)10)5(11)4(3)8/h2,7H,1H3. The van der Waals surface area contributed by atoms with Gasteiger partial charge in [-0.3, -0.25) is 4.98 Å². The van der Waals surface area contributed by atoms with Crippen LogP contribution in [0.15, 0.2) is 10.7 Å². The van der Waals surface area contributed by atoms with Gasteiger partial charge in [0, 0.05) is 0 Å². The minimum absolute atomic E-state index is 0.228. The fraction of sp³-hybridized carbons (Fsp3) is 0.286. The maximum atomic E-state index is 12.3. The molecule has 0 amide bonds. The van der Waals surface area contributed by atoms with Gasteiger partial charge in [-0.25, -0.2) is 8.78 Å². The third-order valence-corrected chi connectivity index (χ3v) is 4.00. The molecule has 0 aromatic carbocycles. The molecule has 0 saturated heterocycles. The highest BCUT2D eigenvalue weighted by Gasteiger charge is 2.17. The molecule has 0 radical (unpaired) electrons. The van der Waals surface area contributed by atoms with E-state index >= 15 is 0 Å². The average Bonchev–Trinajstić information content (AvgIpc) is 2.09. The van der Waals surface area contributed by atoms with Gasteiger partial charge in [0.05, 0.1) is 21.3 Å². The molecule has 0 saturated carbocycles. The first kappa shape index (κ1) is 11.1. The number of hydrogen-bond donors (Lipinski definition) is 0. The summed E-state index contributed by atoms with van der Waals surface area (Å²) in [4.78, 5) is 3.60. The van der Waals surface area contributed by atoms with Crippen molar-refractivity contribution in [2.24, 2.45) is 0 Å². The highest BCUT2D eigenvalue weighted by Crippen LogP contribution is 2.34. The quantitative estimate of drug-likeness (QED) is 0.751. The van der Waals surface area contributed by atoms with Gasteiger partial charge in [0.2, 0.25) is 0 Å². The topological polar surface area (TPSA) is 22.1 Å². The number of rotatable bonds is 2. The van der Waals surface area contributed by atoms with Gasteiger partial charge >= 0.3 is 0 Å². The molecule has 0 N–H and O–H groups in total. The predicted octanol–water partition coefficient (Wildman–Crippen LogP) is 3.39. The SMILES string of the molecule is COc1cnc(C(F)F)c(I)c1Br. The second-order valence-electron chi connectivity index (χ2n) is 2.14. The van der Waals surface area contributed by atoms with Crippen LogP contribution >= 0.6 is 38.5 Å². The Morgan fingerprint density at radius 2 is 2.23 bits per heavy atom. The molecule has 72 valence electrons. The Labute approximate surface area is 96.0 Å². The van der Waals surface area contributed by atoms with Crippen molar-refractivity contribution < 1.29 is 13.5 Å². The average molecular weight is 364 g/mol. The van der Waals surface area contributed by atoms with Gasteiger partial charge in [0.25, 0.3) is 6.43 Å². The number of nitrogens with zero attached hydrogens (tertiary/aromatic N) is 1. The molecular formula is C7H5BrF2INO. The molecule has 0 aliphatic heterocycles. The van der Waals surface area contributed by atoms with Crippen LogP contribution in [0.3, 0.4) is 0 Å². The zero-order valence-corrected chi connectivity index (χ0v) is 10.3. The third-order valence-electron chi connectivity index (χ3n) is 1.38. The van der Waals surface area contributed by atoms with E-state index in [1.807, 2.05) is 0 Å². The Morgan fingerprint density at radius 3 is 2.69 bits per heavy atom. The van der Waals surface area contributed by atoms with Crippen LogP contribution in [-0.4, -0.2) is 12.1 Å². The number of aromatic nitrogens is 1. The summed E-state index contributed by atoms with van der Waals surface area (Å²) in [6, 6.07) is 0. The molecular weight excluding hydrogens is 359 g/mol. The molecule has 1 rings (SSSR count). The lowest BCUT2D eigenvalue weighted by atomic mass is 10.3. The van der Waals surface area contributed by atoms with E-state index in [0.29, 0.717) is 13.8 Å². The second-order valence-corrected chi connectivity index (χ2v) is 4.01. The van der Waals surface area contributed by atoms with E-state index in [0.717, 1.165) is 0 Å². The van der Waals surface area contributed by atoms with Crippen LogP contribution in [0, 0.1) is 3.57 Å². The summed E-state index contributed by atoms with van der Waals surface area (Å²) in [6.45, 7) is 0. The van der Waals surface area contributed by atoms with Crippen molar-refractivity contribution in [3.63, 3.8) is 0 Å². The Morgan fingerprint density at radius 1 is 1.62 bits per heavy atom. The van der Waals surface area contributed by atoms with E-state index in [4.69, 9.17) is 4.74 Å². The summed E-state index contributed by atoms with van der Waals surface area (Å²) < 4.78 is 30.4. The lowest BCUT2D eigenvalue weighted by molar-refractivity contribution is 0.144. The fourth-order valence-corrected chi connectivity index (χ4v) is 1.86. The molecule has 0 spiro atoms. The first-order chi connectivity index (χ1) is 6.07. The van der Waals surface area contributed by atoms with Crippen LogP contribution in [0.5, 0.6) is 5.75 Å². The normalized spacial score (nSPS) is 10.6. The summed E-state index contributed by atoms with van der Waals surface area (Å²) in [6.07, 6.45) is -1.29. The molecule has 0 aliphatic carbocycles. The van der Waals surface area contributed by atoms with Crippen LogP contribution < -0.4 is 4.74 Å². The number of halogens is 4. The fourth-order valence-electron chi connectivity index (χ4n) is 0.757. The second kappa shape index (κ2) is 4.50. The highest BCUT2D eigenvalue weighted by molar-refractivity contribution is 14.1. The van der Waals surface area contributed by atoms with Crippen molar-refractivity contribution in [1.29, 1.82) is 0 Å². The summed E-state index contributed by atoms with van der Waals surface area (Å²) in [5.74, 6) is 0.453. The monoisotopic (exact) mass is 363 g/mol. The van der Waals surface area contributed by atoms with Crippen molar-refractivity contribution in [3.05, 3.63) is 19.9 Å².